The predicted molar refractivity (Wildman–Crippen MR) is 408 cm³/mol. The second kappa shape index (κ2) is 73.4. The number of aliphatic hydroxyl groups excluding tert-OH is 2. The van der Waals surface area contributed by atoms with E-state index in [0.717, 1.165) is 180 Å². The first-order chi connectivity index (χ1) is 48.2. The summed E-state index contributed by atoms with van der Waals surface area (Å²) in [7, 11) is -9.80. The third-order valence-electron chi connectivity index (χ3n) is 15.8. The highest BCUT2D eigenvalue weighted by atomic mass is 31.2. The lowest BCUT2D eigenvalue weighted by atomic mass is 10.1. The summed E-state index contributed by atoms with van der Waals surface area (Å²) < 4.78 is 61.1. The molecule has 0 amide bonds. The van der Waals surface area contributed by atoms with E-state index in [9.17, 15) is 43.5 Å². The number of carbonyl (C=O) groups is 3. The molecular formula is C81H138O16P2. The fourth-order valence-corrected chi connectivity index (χ4v) is 11.5. The van der Waals surface area contributed by atoms with Gasteiger partial charge in [0.2, 0.25) is 0 Å². The number of phosphoric ester groups is 2. The first-order valence-electron chi connectivity index (χ1n) is 38.5. The minimum absolute atomic E-state index is 0.0895. The van der Waals surface area contributed by atoms with E-state index in [2.05, 4.69) is 154 Å². The van der Waals surface area contributed by atoms with Crippen molar-refractivity contribution in [1.29, 1.82) is 0 Å². The van der Waals surface area contributed by atoms with Crippen molar-refractivity contribution in [3.05, 3.63) is 134 Å². The Hall–Kier alpha value is -4.31. The van der Waals surface area contributed by atoms with Crippen molar-refractivity contribution in [3.63, 3.8) is 0 Å². The average molecular weight is 1430 g/mol. The van der Waals surface area contributed by atoms with E-state index in [4.69, 9.17) is 32.3 Å². The SMILES string of the molecule is CC/C=C\C/C=C\C/C=C\C/C=C\C/C=C\C/C=C\CCCCCCCCC(=O)OCC(O)COP(=O)(O)OCC(O)COP(=O)(O)OCC(COC(=O)CCCCCCCCC/C=C\C/C=C\C/C=C\C/C=C\CCCCC)OC(=O)CCCCCCC/C=C\CCCCCCCC. The van der Waals surface area contributed by atoms with Gasteiger partial charge in [-0.15, -0.1) is 0 Å². The number of allylic oxidation sites excluding steroid dienone is 22. The van der Waals surface area contributed by atoms with Crippen LogP contribution in [0.3, 0.4) is 0 Å². The van der Waals surface area contributed by atoms with Crippen molar-refractivity contribution in [1.82, 2.24) is 0 Å². The highest BCUT2D eigenvalue weighted by Crippen LogP contribution is 2.45. The standard InChI is InChI=1S/C81H138O16P2/c1-4-7-10-13-16-19-22-25-28-30-32-34-36-37-39-41-42-44-47-49-52-55-58-61-64-67-79(84)91-70-76(82)71-93-98(87,88)94-72-77(83)73-95-99(89,90)96-75-78(97-81(86)69-66-63-60-57-54-51-46-27-24-21-18-15-12-9-6-3)74-92-80(85)68-65-62-59-56-53-50-48-45-43-40-38-35-33-31-29-26-23-20-17-14-11-8-5-2/h7,10,16-17,19-20,25-29,32-35,37,39-40,42-44,46,76-78,82-83H,4-6,8-9,11-15,18,21-24,30-31,36,38,41,45,47-75H2,1-3H3,(H,87,88)(H,89,90)/b10-7-,19-16-,20-17-,28-25-,29-26-,34-32-,35-33-,39-37-,43-40-,44-42-,46-27-. The molecule has 4 N–H and O–H groups in total. The Bertz CT molecular complexity index is 2330. The largest absolute Gasteiger partial charge is 0.472 e. The second-order valence-electron chi connectivity index (χ2n) is 25.4. The van der Waals surface area contributed by atoms with Gasteiger partial charge in [-0.05, 0) is 141 Å². The molecule has 0 aromatic heterocycles. The highest BCUT2D eigenvalue weighted by molar-refractivity contribution is 7.47. The number of esters is 3. The molecule has 0 aromatic rings. The van der Waals surface area contributed by atoms with Crippen LogP contribution in [0, 0.1) is 0 Å². The molecule has 0 aliphatic carbocycles. The lowest BCUT2D eigenvalue weighted by molar-refractivity contribution is -0.161. The molecule has 0 heterocycles. The molecule has 0 fully saturated rings. The maximum atomic E-state index is 13.0. The molecule has 0 aromatic carbocycles. The van der Waals surface area contributed by atoms with Crippen molar-refractivity contribution in [3.8, 4) is 0 Å². The molecule has 5 atom stereocenters. The van der Waals surface area contributed by atoms with Crippen LogP contribution in [0.25, 0.3) is 0 Å². The van der Waals surface area contributed by atoms with Crippen LogP contribution in [-0.4, -0.2) is 95.9 Å². The minimum Gasteiger partial charge on any atom is -0.463 e. The van der Waals surface area contributed by atoms with Crippen molar-refractivity contribution < 1.29 is 75.8 Å². The first-order valence-corrected chi connectivity index (χ1v) is 41.5. The van der Waals surface area contributed by atoms with Crippen molar-refractivity contribution in [2.45, 2.75) is 322 Å². The summed E-state index contributed by atoms with van der Waals surface area (Å²) in [5.74, 6) is -1.61. The Labute approximate surface area is 601 Å². The third kappa shape index (κ3) is 74.7. The number of ether oxygens (including phenoxy) is 3. The van der Waals surface area contributed by atoms with Crippen LogP contribution in [0.1, 0.15) is 303 Å². The van der Waals surface area contributed by atoms with Gasteiger partial charge in [0.1, 0.15) is 25.4 Å². The predicted octanol–water partition coefficient (Wildman–Crippen LogP) is 22.3. The van der Waals surface area contributed by atoms with E-state index in [-0.39, 0.29) is 19.3 Å². The molecule has 0 saturated heterocycles. The van der Waals surface area contributed by atoms with Crippen LogP contribution in [0.15, 0.2) is 134 Å². The Kier molecular flexibility index (Phi) is 70.2. The smallest absolute Gasteiger partial charge is 0.463 e. The van der Waals surface area contributed by atoms with Gasteiger partial charge in [0.25, 0.3) is 0 Å². The van der Waals surface area contributed by atoms with Crippen LogP contribution in [0.4, 0.5) is 0 Å². The summed E-state index contributed by atoms with van der Waals surface area (Å²) in [6.45, 7) is 2.50. The summed E-state index contributed by atoms with van der Waals surface area (Å²) in [6, 6.07) is 0. The molecule has 0 spiro atoms. The van der Waals surface area contributed by atoms with Crippen LogP contribution < -0.4 is 0 Å². The van der Waals surface area contributed by atoms with Gasteiger partial charge < -0.3 is 34.2 Å². The van der Waals surface area contributed by atoms with Gasteiger partial charge in [-0.25, -0.2) is 9.13 Å². The van der Waals surface area contributed by atoms with Crippen LogP contribution in [0.2, 0.25) is 0 Å². The lowest BCUT2D eigenvalue weighted by Gasteiger charge is -2.21. The second-order valence-corrected chi connectivity index (χ2v) is 28.3. The van der Waals surface area contributed by atoms with Crippen LogP contribution in [-0.2, 0) is 55.8 Å². The van der Waals surface area contributed by atoms with Gasteiger partial charge in [0.05, 0.1) is 26.4 Å². The summed E-state index contributed by atoms with van der Waals surface area (Å²) >= 11 is 0. The molecule has 0 aliphatic rings. The lowest BCUT2D eigenvalue weighted by Crippen LogP contribution is -2.30. The molecule has 16 nitrogen and oxygen atoms in total. The number of rotatable bonds is 72. The Balaban J connectivity index is 4.64. The molecule has 18 heteroatoms. The topological polar surface area (TPSA) is 231 Å². The Morgan fingerprint density at radius 2 is 0.535 bits per heavy atom. The fourth-order valence-electron chi connectivity index (χ4n) is 9.96. The van der Waals surface area contributed by atoms with E-state index in [0.29, 0.717) is 19.3 Å². The zero-order chi connectivity index (χ0) is 72.3. The van der Waals surface area contributed by atoms with E-state index in [1.54, 1.807) is 0 Å². The molecular weight excluding hydrogens is 1290 g/mol. The first kappa shape index (κ1) is 94.7. The Morgan fingerprint density at radius 1 is 0.293 bits per heavy atom. The number of aliphatic hydroxyl groups is 2. The van der Waals surface area contributed by atoms with E-state index in [1.807, 2.05) is 0 Å². The van der Waals surface area contributed by atoms with Gasteiger partial charge in [-0.1, -0.05) is 276 Å². The maximum Gasteiger partial charge on any atom is 0.472 e. The Morgan fingerprint density at radius 3 is 0.879 bits per heavy atom. The maximum absolute atomic E-state index is 13.0. The fraction of sp³-hybridized carbons (Fsp3) is 0.691. The highest BCUT2D eigenvalue weighted by Gasteiger charge is 2.29. The molecule has 5 unspecified atom stereocenters. The zero-order valence-electron chi connectivity index (χ0n) is 61.9. The van der Waals surface area contributed by atoms with Gasteiger partial charge in [0, 0.05) is 19.3 Å². The number of hydrogen-bond acceptors (Lipinski definition) is 14. The number of carbonyl (C=O) groups excluding carboxylic acids is 3. The normalized spacial score (nSPS) is 14.8. The molecule has 99 heavy (non-hydrogen) atoms. The van der Waals surface area contributed by atoms with Crippen molar-refractivity contribution >= 4 is 33.6 Å². The number of hydrogen-bond donors (Lipinski definition) is 4. The van der Waals surface area contributed by atoms with Gasteiger partial charge in [-0.3, -0.25) is 32.5 Å². The molecule has 568 valence electrons. The van der Waals surface area contributed by atoms with Crippen molar-refractivity contribution in [2.75, 3.05) is 39.6 Å². The molecule has 0 rings (SSSR count). The van der Waals surface area contributed by atoms with E-state index < -0.39 is 91.5 Å². The van der Waals surface area contributed by atoms with Crippen LogP contribution >= 0.6 is 15.6 Å². The molecule has 0 radical (unpaired) electrons. The van der Waals surface area contributed by atoms with Crippen molar-refractivity contribution in [2.24, 2.45) is 0 Å². The quantitative estimate of drug-likeness (QED) is 0.0146. The van der Waals surface area contributed by atoms with Gasteiger partial charge >= 0.3 is 33.6 Å². The minimum atomic E-state index is -4.94. The van der Waals surface area contributed by atoms with Crippen LogP contribution in [0.5, 0.6) is 0 Å². The summed E-state index contributed by atoms with van der Waals surface area (Å²) in [5, 5.41) is 20.6. The van der Waals surface area contributed by atoms with E-state index >= 15 is 0 Å². The zero-order valence-corrected chi connectivity index (χ0v) is 63.7. The monoisotopic (exact) mass is 1430 g/mol. The summed E-state index contributed by atoms with van der Waals surface area (Å²) in [5.41, 5.74) is 0. The average Bonchev–Trinajstić information content (AvgIpc) is 1.57. The molecule has 0 aliphatic heterocycles. The molecule has 0 saturated carbocycles. The number of unbranched alkanes of at least 4 members (excludes halogenated alkanes) is 27. The summed E-state index contributed by atoms with van der Waals surface area (Å²) in [4.78, 5) is 58.6. The van der Waals surface area contributed by atoms with Gasteiger partial charge in [-0.2, -0.15) is 0 Å². The van der Waals surface area contributed by atoms with E-state index in [1.165, 1.54) is 64.2 Å². The third-order valence-corrected chi connectivity index (χ3v) is 17.7. The van der Waals surface area contributed by atoms with Gasteiger partial charge in [0.15, 0.2) is 6.10 Å². The summed E-state index contributed by atoms with van der Waals surface area (Å²) in [6.07, 6.45) is 87.7. The molecule has 0 bridgehead atoms. The number of phosphoric acid groups is 2.